The minimum Gasteiger partial charge on any atom is -0.497 e. The van der Waals surface area contributed by atoms with Crippen LogP contribution in [0.25, 0.3) is 0 Å². The predicted octanol–water partition coefficient (Wildman–Crippen LogP) is 4.22. The zero-order valence-electron chi connectivity index (χ0n) is 17.0. The molecule has 5 nitrogen and oxygen atoms in total. The number of benzene rings is 3. The Hall–Kier alpha value is -3.47. The Balaban J connectivity index is 2.41. The van der Waals surface area contributed by atoms with Gasteiger partial charge in [0, 0.05) is 11.6 Å². The molecule has 3 rings (SSSR count). The number of carbonyl (C=O) groups is 1. The van der Waals surface area contributed by atoms with E-state index in [1.807, 2.05) is 66.7 Å². The van der Waals surface area contributed by atoms with Gasteiger partial charge < -0.3 is 18.9 Å². The van der Waals surface area contributed by atoms with Gasteiger partial charge in [-0.05, 0) is 35.4 Å². The largest absolute Gasteiger partial charge is 0.497 e. The molecular weight excluding hydrogens is 368 g/mol. The Kier molecular flexibility index (Phi) is 6.07. The van der Waals surface area contributed by atoms with Gasteiger partial charge in [-0.1, -0.05) is 42.5 Å². The van der Waals surface area contributed by atoms with Crippen molar-refractivity contribution >= 4 is 5.97 Å². The zero-order chi connectivity index (χ0) is 20.9. The Morgan fingerprint density at radius 3 is 1.83 bits per heavy atom. The van der Waals surface area contributed by atoms with Gasteiger partial charge in [-0.3, -0.25) is 4.79 Å². The molecule has 29 heavy (non-hydrogen) atoms. The van der Waals surface area contributed by atoms with Gasteiger partial charge in [-0.15, -0.1) is 0 Å². The van der Waals surface area contributed by atoms with E-state index in [4.69, 9.17) is 18.9 Å². The molecule has 5 heteroatoms. The second-order valence-electron chi connectivity index (χ2n) is 6.40. The molecule has 0 aliphatic carbocycles. The molecule has 0 aromatic heterocycles. The number of ether oxygens (including phenoxy) is 4. The van der Waals surface area contributed by atoms with Crippen molar-refractivity contribution in [3.63, 3.8) is 0 Å². The average molecular weight is 392 g/mol. The SMILES string of the molecule is COC(=O)C(c1ccccc1)(c1ccc(OC)cc1)c1ccc(OC)cc1OC. The van der Waals surface area contributed by atoms with Crippen LogP contribution in [0.5, 0.6) is 17.2 Å². The molecule has 0 spiro atoms. The average Bonchev–Trinajstić information content (AvgIpc) is 2.80. The summed E-state index contributed by atoms with van der Waals surface area (Å²) in [6.45, 7) is 0. The number of methoxy groups -OCH3 is 4. The van der Waals surface area contributed by atoms with E-state index in [9.17, 15) is 4.79 Å². The lowest BCUT2D eigenvalue weighted by Crippen LogP contribution is -2.39. The molecule has 0 saturated carbocycles. The van der Waals surface area contributed by atoms with Crippen LogP contribution in [0.3, 0.4) is 0 Å². The second kappa shape index (κ2) is 8.69. The standard InChI is InChI=1S/C24H24O5/c1-26-19-12-10-18(11-13-19)24(23(25)29-4,17-8-6-5-7-9-17)21-15-14-20(27-2)16-22(21)28-3/h5-16H,1-4H3. The Bertz CT molecular complexity index is 966. The lowest BCUT2D eigenvalue weighted by atomic mass is 9.69. The smallest absolute Gasteiger partial charge is 0.325 e. The lowest BCUT2D eigenvalue weighted by molar-refractivity contribution is -0.144. The van der Waals surface area contributed by atoms with E-state index in [2.05, 4.69) is 0 Å². The summed E-state index contributed by atoms with van der Waals surface area (Å²) < 4.78 is 21.6. The summed E-state index contributed by atoms with van der Waals surface area (Å²) in [6.07, 6.45) is 0. The van der Waals surface area contributed by atoms with Crippen LogP contribution in [-0.4, -0.2) is 34.4 Å². The number of carbonyl (C=O) groups excluding carboxylic acids is 1. The summed E-state index contributed by atoms with van der Waals surface area (Å²) in [7, 11) is 6.15. The fourth-order valence-corrected chi connectivity index (χ4v) is 3.61. The summed E-state index contributed by atoms with van der Waals surface area (Å²) in [6, 6.07) is 22.3. The molecule has 0 aliphatic heterocycles. The summed E-state index contributed by atoms with van der Waals surface area (Å²) in [5.41, 5.74) is 0.921. The van der Waals surface area contributed by atoms with Crippen LogP contribution in [0.4, 0.5) is 0 Å². The molecule has 0 heterocycles. The van der Waals surface area contributed by atoms with Gasteiger partial charge in [0.2, 0.25) is 0 Å². The maximum absolute atomic E-state index is 13.5. The van der Waals surface area contributed by atoms with E-state index in [0.29, 0.717) is 22.8 Å². The van der Waals surface area contributed by atoms with Gasteiger partial charge in [0.05, 0.1) is 28.4 Å². The first kappa shape index (κ1) is 20.3. The van der Waals surface area contributed by atoms with E-state index in [-0.39, 0.29) is 0 Å². The number of rotatable bonds is 7. The molecule has 0 radical (unpaired) electrons. The first-order chi connectivity index (χ1) is 14.1. The quantitative estimate of drug-likeness (QED) is 0.445. The number of esters is 1. The van der Waals surface area contributed by atoms with E-state index in [1.54, 1.807) is 27.4 Å². The van der Waals surface area contributed by atoms with Crippen molar-refractivity contribution in [2.24, 2.45) is 0 Å². The number of hydrogen-bond donors (Lipinski definition) is 0. The number of hydrogen-bond acceptors (Lipinski definition) is 5. The van der Waals surface area contributed by atoms with E-state index >= 15 is 0 Å². The Morgan fingerprint density at radius 2 is 1.28 bits per heavy atom. The van der Waals surface area contributed by atoms with E-state index < -0.39 is 11.4 Å². The minimum absolute atomic E-state index is 0.419. The molecule has 0 N–H and O–H groups in total. The zero-order valence-corrected chi connectivity index (χ0v) is 17.0. The van der Waals surface area contributed by atoms with Gasteiger partial charge >= 0.3 is 5.97 Å². The van der Waals surface area contributed by atoms with E-state index in [1.165, 1.54) is 7.11 Å². The van der Waals surface area contributed by atoms with Crippen LogP contribution in [0, 0.1) is 0 Å². The lowest BCUT2D eigenvalue weighted by Gasteiger charge is -2.34. The Labute approximate surface area is 170 Å². The topological polar surface area (TPSA) is 54.0 Å². The van der Waals surface area contributed by atoms with Crippen molar-refractivity contribution in [2.45, 2.75) is 5.41 Å². The molecule has 150 valence electrons. The highest BCUT2D eigenvalue weighted by atomic mass is 16.5. The van der Waals surface area contributed by atoms with Crippen LogP contribution in [0.2, 0.25) is 0 Å². The second-order valence-corrected chi connectivity index (χ2v) is 6.40. The monoisotopic (exact) mass is 392 g/mol. The molecule has 0 aliphatic rings. The summed E-state index contributed by atoms with van der Waals surface area (Å²) in [4.78, 5) is 13.5. The minimum atomic E-state index is -1.24. The molecule has 1 unspecified atom stereocenters. The summed E-state index contributed by atoms with van der Waals surface area (Å²) in [5.74, 6) is 1.43. The summed E-state index contributed by atoms with van der Waals surface area (Å²) in [5, 5.41) is 0. The molecule has 0 fully saturated rings. The van der Waals surface area contributed by atoms with Crippen molar-refractivity contribution in [2.75, 3.05) is 28.4 Å². The van der Waals surface area contributed by atoms with Gasteiger partial charge in [0.1, 0.15) is 22.7 Å². The van der Waals surface area contributed by atoms with Gasteiger partial charge in [-0.25, -0.2) is 0 Å². The fourth-order valence-electron chi connectivity index (χ4n) is 3.61. The van der Waals surface area contributed by atoms with Crippen LogP contribution >= 0.6 is 0 Å². The van der Waals surface area contributed by atoms with Crippen LogP contribution in [-0.2, 0) is 14.9 Å². The third-order valence-corrected chi connectivity index (χ3v) is 5.03. The third kappa shape index (κ3) is 3.51. The van der Waals surface area contributed by atoms with Crippen molar-refractivity contribution in [1.29, 1.82) is 0 Å². The molecular formula is C24H24O5. The first-order valence-electron chi connectivity index (χ1n) is 9.12. The highest BCUT2D eigenvalue weighted by Gasteiger charge is 2.47. The van der Waals surface area contributed by atoms with Gasteiger partial charge in [0.25, 0.3) is 0 Å². The van der Waals surface area contributed by atoms with Crippen molar-refractivity contribution in [1.82, 2.24) is 0 Å². The van der Waals surface area contributed by atoms with Crippen LogP contribution in [0.15, 0.2) is 72.8 Å². The molecule has 0 amide bonds. The Morgan fingerprint density at radius 1 is 0.690 bits per heavy atom. The van der Waals surface area contributed by atoms with Gasteiger partial charge in [0.15, 0.2) is 0 Å². The fraction of sp³-hybridized carbons (Fsp3) is 0.208. The molecule has 3 aromatic carbocycles. The third-order valence-electron chi connectivity index (χ3n) is 5.03. The van der Waals surface area contributed by atoms with Crippen molar-refractivity contribution in [3.05, 3.63) is 89.5 Å². The molecule has 0 bridgehead atoms. The first-order valence-corrected chi connectivity index (χ1v) is 9.12. The van der Waals surface area contributed by atoms with Gasteiger partial charge in [-0.2, -0.15) is 0 Å². The van der Waals surface area contributed by atoms with Crippen molar-refractivity contribution < 1.29 is 23.7 Å². The van der Waals surface area contributed by atoms with Crippen LogP contribution in [0.1, 0.15) is 16.7 Å². The summed E-state index contributed by atoms with van der Waals surface area (Å²) >= 11 is 0. The predicted molar refractivity (Wildman–Crippen MR) is 111 cm³/mol. The molecule has 1 atom stereocenters. The molecule has 0 saturated heterocycles. The highest BCUT2D eigenvalue weighted by molar-refractivity contribution is 5.93. The van der Waals surface area contributed by atoms with Crippen molar-refractivity contribution in [3.8, 4) is 17.2 Å². The van der Waals surface area contributed by atoms with E-state index in [0.717, 1.165) is 11.1 Å². The molecule has 3 aromatic rings. The highest BCUT2D eigenvalue weighted by Crippen LogP contribution is 2.45. The maximum atomic E-state index is 13.5. The maximum Gasteiger partial charge on any atom is 0.325 e. The van der Waals surface area contributed by atoms with Crippen LogP contribution < -0.4 is 14.2 Å². The normalized spacial score (nSPS) is 12.6.